The second-order valence-corrected chi connectivity index (χ2v) is 6.46. The molecule has 0 aliphatic rings. The topological polar surface area (TPSA) is 55.4 Å². The molecule has 4 nitrogen and oxygen atoms in total. The first-order valence-corrected chi connectivity index (χ1v) is 8.33. The number of rotatable bonds is 6. The fraction of sp³-hybridized carbons (Fsp3) is 0.222. The van der Waals surface area contributed by atoms with Crippen molar-refractivity contribution in [2.45, 2.75) is 23.7 Å². The molecular weight excluding hydrogens is 367 g/mol. The molecule has 8 heteroatoms. The number of carbonyl (C=O) groups excluding carboxylic acids is 2. The molecule has 0 saturated heterocycles. The van der Waals surface area contributed by atoms with Gasteiger partial charge < -0.3 is 10.1 Å². The predicted octanol–water partition coefficient (Wildman–Crippen LogP) is 4.69. The highest BCUT2D eigenvalue weighted by atomic mass is 32.2. The molecule has 0 bridgehead atoms. The van der Waals surface area contributed by atoms with Crippen LogP contribution >= 0.6 is 11.8 Å². The van der Waals surface area contributed by atoms with Crippen LogP contribution in [0.2, 0.25) is 0 Å². The van der Waals surface area contributed by atoms with Gasteiger partial charge in [0.15, 0.2) is 5.78 Å². The third kappa shape index (κ3) is 5.52. The molecule has 2 aromatic carbocycles. The van der Waals surface area contributed by atoms with Gasteiger partial charge in [-0.25, -0.2) is 0 Å². The molecule has 1 amide bonds. The van der Waals surface area contributed by atoms with E-state index in [1.807, 2.05) is 0 Å². The SMILES string of the molecule is COc1ccc(C(C)=O)cc1CC(=O)Nc1ccccc1SC(F)(F)F. The molecule has 0 saturated carbocycles. The van der Waals surface area contributed by atoms with Gasteiger partial charge in [-0.15, -0.1) is 0 Å². The Labute approximate surface area is 152 Å². The van der Waals surface area contributed by atoms with Crippen molar-refractivity contribution < 1.29 is 27.5 Å². The van der Waals surface area contributed by atoms with E-state index in [0.29, 0.717) is 16.9 Å². The number of Topliss-reactive ketones (excluding diaryl/α,β-unsaturated/α-hetero) is 1. The van der Waals surface area contributed by atoms with Crippen LogP contribution in [0.1, 0.15) is 22.8 Å². The average Bonchev–Trinajstić information content (AvgIpc) is 2.55. The number of hydrogen-bond acceptors (Lipinski definition) is 4. The van der Waals surface area contributed by atoms with Crippen molar-refractivity contribution in [1.29, 1.82) is 0 Å². The zero-order chi connectivity index (χ0) is 19.3. The minimum Gasteiger partial charge on any atom is -0.496 e. The summed E-state index contributed by atoms with van der Waals surface area (Å²) in [5.41, 5.74) is -3.50. The summed E-state index contributed by atoms with van der Waals surface area (Å²) in [6.45, 7) is 1.40. The number of anilines is 1. The molecule has 2 rings (SSSR count). The van der Waals surface area contributed by atoms with Crippen molar-refractivity contribution in [1.82, 2.24) is 0 Å². The van der Waals surface area contributed by atoms with Crippen LogP contribution in [-0.4, -0.2) is 24.3 Å². The van der Waals surface area contributed by atoms with Crippen LogP contribution in [0.25, 0.3) is 0 Å². The van der Waals surface area contributed by atoms with Gasteiger partial charge in [-0.2, -0.15) is 13.2 Å². The Morgan fingerprint density at radius 2 is 1.85 bits per heavy atom. The maximum Gasteiger partial charge on any atom is 0.446 e. The van der Waals surface area contributed by atoms with Gasteiger partial charge in [0.2, 0.25) is 5.91 Å². The van der Waals surface area contributed by atoms with Crippen molar-refractivity contribution in [3.05, 3.63) is 53.6 Å². The Morgan fingerprint density at radius 3 is 2.46 bits per heavy atom. The van der Waals surface area contributed by atoms with E-state index in [-0.39, 0.29) is 34.5 Å². The molecule has 0 unspecified atom stereocenters. The molecule has 2 aromatic rings. The van der Waals surface area contributed by atoms with Gasteiger partial charge in [-0.1, -0.05) is 12.1 Å². The lowest BCUT2D eigenvalue weighted by Crippen LogP contribution is -2.16. The Morgan fingerprint density at radius 1 is 1.15 bits per heavy atom. The number of amides is 1. The Balaban J connectivity index is 2.20. The predicted molar refractivity (Wildman–Crippen MR) is 93.7 cm³/mol. The van der Waals surface area contributed by atoms with Crippen molar-refractivity contribution in [3.63, 3.8) is 0 Å². The van der Waals surface area contributed by atoms with Gasteiger partial charge in [0.05, 0.1) is 19.2 Å². The third-order valence-corrected chi connectivity index (χ3v) is 4.23. The van der Waals surface area contributed by atoms with E-state index in [2.05, 4.69) is 5.32 Å². The van der Waals surface area contributed by atoms with E-state index in [4.69, 9.17) is 4.74 Å². The van der Waals surface area contributed by atoms with E-state index in [1.54, 1.807) is 12.1 Å². The fourth-order valence-corrected chi connectivity index (χ4v) is 2.91. The van der Waals surface area contributed by atoms with Crippen molar-refractivity contribution in [3.8, 4) is 5.75 Å². The molecule has 26 heavy (non-hydrogen) atoms. The summed E-state index contributed by atoms with van der Waals surface area (Å²) in [5, 5.41) is 2.48. The van der Waals surface area contributed by atoms with Crippen LogP contribution in [0.4, 0.5) is 18.9 Å². The highest BCUT2D eigenvalue weighted by Gasteiger charge is 2.30. The van der Waals surface area contributed by atoms with Crippen LogP contribution in [0.3, 0.4) is 0 Å². The molecule has 0 aliphatic heterocycles. The fourth-order valence-electron chi connectivity index (χ4n) is 2.29. The van der Waals surface area contributed by atoms with Crippen molar-refractivity contribution in [2.24, 2.45) is 0 Å². The molecule has 0 spiro atoms. The quantitative estimate of drug-likeness (QED) is 0.581. The minimum absolute atomic E-state index is 0.0708. The third-order valence-electron chi connectivity index (χ3n) is 3.42. The van der Waals surface area contributed by atoms with Crippen LogP contribution in [0, 0.1) is 0 Å². The average molecular weight is 383 g/mol. The summed E-state index contributed by atoms with van der Waals surface area (Å²) in [6.07, 6.45) is -0.144. The van der Waals surface area contributed by atoms with Crippen molar-refractivity contribution in [2.75, 3.05) is 12.4 Å². The van der Waals surface area contributed by atoms with Gasteiger partial charge in [0, 0.05) is 16.0 Å². The molecule has 0 atom stereocenters. The number of alkyl halides is 3. The second-order valence-electron chi connectivity index (χ2n) is 5.35. The smallest absolute Gasteiger partial charge is 0.446 e. The summed E-state index contributed by atoms with van der Waals surface area (Å²) < 4.78 is 43.1. The monoisotopic (exact) mass is 383 g/mol. The summed E-state index contributed by atoms with van der Waals surface area (Å²) in [6, 6.07) is 10.4. The number of methoxy groups -OCH3 is 1. The van der Waals surface area contributed by atoms with Gasteiger partial charge >= 0.3 is 5.51 Å². The number of ketones is 1. The molecule has 0 fully saturated rings. The zero-order valence-electron chi connectivity index (χ0n) is 14.0. The summed E-state index contributed by atoms with van der Waals surface area (Å²) in [4.78, 5) is 23.7. The Bertz CT molecular complexity index is 822. The number of hydrogen-bond donors (Lipinski definition) is 1. The van der Waals surface area contributed by atoms with Crippen LogP contribution < -0.4 is 10.1 Å². The highest BCUT2D eigenvalue weighted by molar-refractivity contribution is 8.00. The van der Waals surface area contributed by atoms with Gasteiger partial charge in [0.1, 0.15) is 5.75 Å². The van der Waals surface area contributed by atoms with Gasteiger partial charge in [-0.3, -0.25) is 9.59 Å². The second kappa shape index (κ2) is 8.27. The molecule has 1 N–H and O–H groups in total. The highest BCUT2D eigenvalue weighted by Crippen LogP contribution is 2.40. The van der Waals surface area contributed by atoms with E-state index >= 15 is 0 Å². The van der Waals surface area contributed by atoms with Gasteiger partial charge in [0.25, 0.3) is 0 Å². The summed E-state index contributed by atoms with van der Waals surface area (Å²) >= 11 is -0.294. The van der Waals surface area contributed by atoms with Gasteiger partial charge in [-0.05, 0) is 49.0 Å². The largest absolute Gasteiger partial charge is 0.496 e. The lowest BCUT2D eigenvalue weighted by molar-refractivity contribution is -0.115. The lowest BCUT2D eigenvalue weighted by Gasteiger charge is -2.13. The van der Waals surface area contributed by atoms with Crippen LogP contribution in [-0.2, 0) is 11.2 Å². The number of para-hydroxylation sites is 1. The van der Waals surface area contributed by atoms with E-state index in [0.717, 1.165) is 0 Å². The van der Waals surface area contributed by atoms with Crippen LogP contribution in [0.5, 0.6) is 5.75 Å². The standard InChI is InChI=1S/C18H16F3NO3S/c1-11(23)12-7-8-15(25-2)13(9-12)10-17(24)22-14-5-3-4-6-16(14)26-18(19,20)21/h3-9H,10H2,1-2H3,(H,22,24). The summed E-state index contributed by atoms with van der Waals surface area (Å²) in [5.74, 6) is -0.261. The molecule has 0 aliphatic carbocycles. The van der Waals surface area contributed by atoms with E-state index in [1.165, 1.54) is 44.4 Å². The zero-order valence-corrected chi connectivity index (χ0v) is 14.8. The first-order chi connectivity index (χ1) is 12.2. The number of nitrogens with one attached hydrogen (secondary N) is 1. The van der Waals surface area contributed by atoms with E-state index < -0.39 is 11.4 Å². The molecule has 0 radical (unpaired) electrons. The normalized spacial score (nSPS) is 11.1. The first kappa shape index (κ1) is 19.8. The maximum atomic E-state index is 12.6. The van der Waals surface area contributed by atoms with Crippen molar-refractivity contribution >= 4 is 29.1 Å². The summed E-state index contributed by atoms with van der Waals surface area (Å²) in [7, 11) is 1.43. The molecule has 138 valence electrons. The maximum absolute atomic E-state index is 12.6. The minimum atomic E-state index is -4.46. The number of thioether (sulfide) groups is 1. The van der Waals surface area contributed by atoms with E-state index in [9.17, 15) is 22.8 Å². The Hall–Kier alpha value is -2.48. The first-order valence-electron chi connectivity index (χ1n) is 7.52. The van der Waals surface area contributed by atoms with Crippen LogP contribution in [0.15, 0.2) is 47.4 Å². The lowest BCUT2D eigenvalue weighted by atomic mass is 10.0. The molecule has 0 heterocycles. The molecule has 0 aromatic heterocycles. The number of halogens is 3. The Kier molecular flexibility index (Phi) is 6.31. The number of carbonyl (C=O) groups is 2. The molecular formula is C18H16F3NO3S. The number of benzene rings is 2. The number of ether oxygens (including phenoxy) is 1.